The average Bonchev–Trinajstić information content (AvgIpc) is 2.72. The molecule has 94 valence electrons. The van der Waals surface area contributed by atoms with Gasteiger partial charge in [-0.1, -0.05) is 11.2 Å². The van der Waals surface area contributed by atoms with Crippen molar-refractivity contribution in [1.29, 1.82) is 0 Å². The van der Waals surface area contributed by atoms with Gasteiger partial charge < -0.3 is 14.9 Å². The van der Waals surface area contributed by atoms with E-state index in [1.165, 1.54) is 12.1 Å². The molecule has 0 radical (unpaired) electrons. The summed E-state index contributed by atoms with van der Waals surface area (Å²) in [5.41, 5.74) is 0.453. The molecular weight excluding hydrogens is 239 g/mol. The van der Waals surface area contributed by atoms with E-state index in [1.807, 2.05) is 0 Å². The molecule has 0 aliphatic rings. The van der Waals surface area contributed by atoms with Crippen LogP contribution in [0.5, 0.6) is 0 Å². The van der Waals surface area contributed by atoms with Crippen molar-refractivity contribution in [3.8, 4) is 0 Å². The van der Waals surface area contributed by atoms with Crippen molar-refractivity contribution in [3.63, 3.8) is 0 Å². The van der Waals surface area contributed by atoms with E-state index in [1.54, 1.807) is 13.0 Å². The summed E-state index contributed by atoms with van der Waals surface area (Å²) in [7, 11) is 0. The maximum absolute atomic E-state index is 13.4. The third kappa shape index (κ3) is 2.48. The highest BCUT2D eigenvalue weighted by atomic mass is 19.1. The average molecular weight is 250 g/mol. The van der Waals surface area contributed by atoms with Gasteiger partial charge in [-0.3, -0.25) is 0 Å². The molecule has 2 rings (SSSR count). The molecule has 0 unspecified atom stereocenters. The lowest BCUT2D eigenvalue weighted by atomic mass is 10.1. The van der Waals surface area contributed by atoms with Gasteiger partial charge in [0.2, 0.25) is 0 Å². The molecule has 18 heavy (non-hydrogen) atoms. The number of rotatable bonds is 4. The first-order valence-corrected chi connectivity index (χ1v) is 5.26. The third-order valence-electron chi connectivity index (χ3n) is 2.36. The number of hydrogen-bond donors (Lipinski definition) is 2. The Kier molecular flexibility index (Phi) is 3.27. The second-order valence-electron chi connectivity index (χ2n) is 3.75. The number of aromatic nitrogens is 1. The maximum atomic E-state index is 13.4. The van der Waals surface area contributed by atoms with E-state index in [0.29, 0.717) is 11.5 Å². The van der Waals surface area contributed by atoms with Crippen molar-refractivity contribution >= 4 is 11.7 Å². The molecule has 0 saturated heterocycles. The summed E-state index contributed by atoms with van der Waals surface area (Å²) < 4.78 is 18.2. The van der Waals surface area contributed by atoms with Gasteiger partial charge in [-0.25, -0.2) is 9.18 Å². The number of anilines is 1. The quantitative estimate of drug-likeness (QED) is 0.871. The van der Waals surface area contributed by atoms with Gasteiger partial charge in [-0.15, -0.1) is 0 Å². The molecule has 2 N–H and O–H groups in total. The van der Waals surface area contributed by atoms with Crippen LogP contribution in [0.15, 0.2) is 28.8 Å². The first-order chi connectivity index (χ1) is 8.58. The molecule has 0 spiro atoms. The SMILES string of the molecule is Cc1cc(CNc2cccc(F)c2C(=O)O)no1. The predicted molar refractivity (Wildman–Crippen MR) is 61.9 cm³/mol. The van der Waals surface area contributed by atoms with Crippen LogP contribution in [0.2, 0.25) is 0 Å². The summed E-state index contributed by atoms with van der Waals surface area (Å²) in [5.74, 6) is -1.43. The smallest absolute Gasteiger partial charge is 0.340 e. The van der Waals surface area contributed by atoms with Crippen molar-refractivity contribution in [2.45, 2.75) is 13.5 Å². The third-order valence-corrected chi connectivity index (χ3v) is 2.36. The topological polar surface area (TPSA) is 75.4 Å². The summed E-state index contributed by atoms with van der Waals surface area (Å²) in [6.07, 6.45) is 0. The van der Waals surface area contributed by atoms with E-state index in [2.05, 4.69) is 10.5 Å². The van der Waals surface area contributed by atoms with Gasteiger partial charge >= 0.3 is 5.97 Å². The number of halogens is 1. The Bertz CT molecular complexity index is 580. The molecule has 1 aromatic carbocycles. The van der Waals surface area contributed by atoms with E-state index in [-0.39, 0.29) is 17.8 Å². The van der Waals surface area contributed by atoms with Crippen LogP contribution in [0.3, 0.4) is 0 Å². The van der Waals surface area contributed by atoms with E-state index >= 15 is 0 Å². The number of carboxylic acid groups (broad SMARTS) is 1. The molecule has 0 amide bonds. The first kappa shape index (κ1) is 12.1. The van der Waals surface area contributed by atoms with Crippen LogP contribution in [0.4, 0.5) is 10.1 Å². The Labute approximate surface area is 102 Å². The van der Waals surface area contributed by atoms with Crippen LogP contribution in [0, 0.1) is 12.7 Å². The van der Waals surface area contributed by atoms with Gasteiger partial charge in [0.15, 0.2) is 0 Å². The predicted octanol–water partition coefficient (Wildman–Crippen LogP) is 2.43. The van der Waals surface area contributed by atoms with Crippen molar-refractivity contribution in [2.75, 3.05) is 5.32 Å². The number of benzene rings is 1. The van der Waals surface area contributed by atoms with Gasteiger partial charge in [-0.2, -0.15) is 0 Å². The summed E-state index contributed by atoms with van der Waals surface area (Å²) in [4.78, 5) is 10.9. The normalized spacial score (nSPS) is 10.3. The minimum absolute atomic E-state index is 0.211. The fourth-order valence-corrected chi connectivity index (χ4v) is 1.58. The summed E-state index contributed by atoms with van der Waals surface area (Å²) in [6, 6.07) is 5.76. The van der Waals surface area contributed by atoms with Crippen LogP contribution < -0.4 is 5.32 Å². The van der Waals surface area contributed by atoms with Crippen LogP contribution in [0.1, 0.15) is 21.8 Å². The highest BCUT2D eigenvalue weighted by Crippen LogP contribution is 2.19. The number of nitrogens with one attached hydrogen (secondary N) is 1. The minimum Gasteiger partial charge on any atom is -0.478 e. The zero-order valence-electron chi connectivity index (χ0n) is 9.61. The summed E-state index contributed by atoms with van der Waals surface area (Å²) in [6.45, 7) is 2.02. The Morgan fingerprint density at radius 3 is 2.94 bits per heavy atom. The van der Waals surface area contributed by atoms with Crippen LogP contribution in [0.25, 0.3) is 0 Å². The second-order valence-corrected chi connectivity index (χ2v) is 3.75. The van der Waals surface area contributed by atoms with Crippen LogP contribution >= 0.6 is 0 Å². The molecule has 0 aliphatic carbocycles. The zero-order valence-corrected chi connectivity index (χ0v) is 9.61. The highest BCUT2D eigenvalue weighted by Gasteiger charge is 2.15. The maximum Gasteiger partial charge on any atom is 0.340 e. The number of carbonyl (C=O) groups is 1. The van der Waals surface area contributed by atoms with Crippen molar-refractivity contribution < 1.29 is 18.8 Å². The molecule has 0 bridgehead atoms. The number of aryl methyl sites for hydroxylation is 1. The molecule has 1 aromatic heterocycles. The lowest BCUT2D eigenvalue weighted by Gasteiger charge is -2.08. The number of nitrogens with zero attached hydrogens (tertiary/aromatic N) is 1. The molecule has 5 nitrogen and oxygen atoms in total. The molecule has 2 aromatic rings. The molecule has 1 heterocycles. The Morgan fingerprint density at radius 1 is 1.56 bits per heavy atom. The van der Waals surface area contributed by atoms with Crippen LogP contribution in [-0.2, 0) is 6.54 Å². The fraction of sp³-hybridized carbons (Fsp3) is 0.167. The van der Waals surface area contributed by atoms with Gasteiger partial charge in [0.05, 0.1) is 12.2 Å². The highest BCUT2D eigenvalue weighted by molar-refractivity contribution is 5.94. The first-order valence-electron chi connectivity index (χ1n) is 5.26. The summed E-state index contributed by atoms with van der Waals surface area (Å²) in [5, 5.41) is 15.5. The molecule has 0 atom stereocenters. The lowest BCUT2D eigenvalue weighted by Crippen LogP contribution is -2.08. The zero-order chi connectivity index (χ0) is 13.1. The van der Waals surface area contributed by atoms with Crippen LogP contribution in [-0.4, -0.2) is 16.2 Å². The standard InChI is InChI=1S/C12H11FN2O3/c1-7-5-8(15-18-7)6-14-10-4-2-3-9(13)11(10)12(16)17/h2-5,14H,6H2,1H3,(H,16,17). The number of hydrogen-bond acceptors (Lipinski definition) is 4. The monoisotopic (exact) mass is 250 g/mol. The van der Waals surface area contributed by atoms with Gasteiger partial charge in [0, 0.05) is 6.07 Å². The van der Waals surface area contributed by atoms with Crippen molar-refractivity contribution in [3.05, 3.63) is 47.1 Å². The largest absolute Gasteiger partial charge is 0.478 e. The van der Waals surface area contributed by atoms with E-state index in [4.69, 9.17) is 9.63 Å². The fourth-order valence-electron chi connectivity index (χ4n) is 1.58. The molecule has 6 heteroatoms. The number of carboxylic acids is 1. The molecule has 0 fully saturated rings. The van der Waals surface area contributed by atoms with Gasteiger partial charge in [0.1, 0.15) is 22.8 Å². The minimum atomic E-state index is -1.31. The Balaban J connectivity index is 2.19. The lowest BCUT2D eigenvalue weighted by molar-refractivity contribution is 0.0693. The molecular formula is C12H11FN2O3. The summed E-state index contributed by atoms with van der Waals surface area (Å²) >= 11 is 0. The van der Waals surface area contributed by atoms with Crippen molar-refractivity contribution in [2.24, 2.45) is 0 Å². The van der Waals surface area contributed by atoms with Crippen molar-refractivity contribution in [1.82, 2.24) is 5.16 Å². The Hall–Kier alpha value is -2.37. The molecule has 0 saturated carbocycles. The van der Waals surface area contributed by atoms with E-state index < -0.39 is 11.8 Å². The van der Waals surface area contributed by atoms with Gasteiger partial charge in [-0.05, 0) is 19.1 Å². The second kappa shape index (κ2) is 4.87. The van der Waals surface area contributed by atoms with E-state index in [9.17, 15) is 9.18 Å². The Morgan fingerprint density at radius 2 is 2.33 bits per heavy atom. The number of aromatic carboxylic acids is 1. The van der Waals surface area contributed by atoms with Gasteiger partial charge in [0.25, 0.3) is 0 Å². The van der Waals surface area contributed by atoms with E-state index in [0.717, 1.165) is 6.07 Å². The molecule has 0 aliphatic heterocycles.